The summed E-state index contributed by atoms with van der Waals surface area (Å²) in [5, 5.41) is 10.9. The van der Waals surface area contributed by atoms with Crippen LogP contribution in [-0.4, -0.2) is 20.8 Å². The number of nitrogens with one attached hydrogen (secondary N) is 1. The van der Waals surface area contributed by atoms with Gasteiger partial charge in [0.05, 0.1) is 18.2 Å². The Hall–Kier alpha value is -2.11. The highest BCUT2D eigenvalue weighted by Crippen LogP contribution is 2.14. The molecule has 0 unspecified atom stereocenters. The van der Waals surface area contributed by atoms with E-state index < -0.39 is 0 Å². The Labute approximate surface area is 118 Å². The highest BCUT2D eigenvalue weighted by Gasteiger charge is 2.17. The molecule has 0 radical (unpaired) electrons. The Balaban J connectivity index is 2.02. The molecule has 2 aromatic rings. The second kappa shape index (κ2) is 5.48. The highest BCUT2D eigenvalue weighted by atomic mass is 16.5. The molecule has 0 aromatic carbocycles. The Bertz CT molecular complexity index is 627. The molecule has 0 saturated carbocycles. The van der Waals surface area contributed by atoms with Gasteiger partial charge in [-0.3, -0.25) is 9.48 Å². The van der Waals surface area contributed by atoms with E-state index in [0.717, 1.165) is 11.4 Å². The lowest BCUT2D eigenvalue weighted by Crippen LogP contribution is -2.25. The van der Waals surface area contributed by atoms with Crippen LogP contribution in [0.1, 0.15) is 29.6 Å². The lowest BCUT2D eigenvalue weighted by atomic mass is 10.1. The summed E-state index contributed by atoms with van der Waals surface area (Å²) in [6, 6.07) is 1.69. The molecule has 0 aliphatic heterocycles. The molecule has 2 aromatic heterocycles. The molecule has 1 amide bonds. The van der Waals surface area contributed by atoms with Crippen molar-refractivity contribution in [3.63, 3.8) is 0 Å². The number of nitrogens with zero attached hydrogens (tertiary/aromatic N) is 3. The van der Waals surface area contributed by atoms with Crippen molar-refractivity contribution in [3.8, 4) is 0 Å². The quantitative estimate of drug-likeness (QED) is 0.930. The molecule has 2 heterocycles. The molecule has 0 fully saturated rings. The van der Waals surface area contributed by atoms with Gasteiger partial charge in [0.2, 0.25) is 5.91 Å². The summed E-state index contributed by atoms with van der Waals surface area (Å²) in [6.45, 7) is 10.2. The van der Waals surface area contributed by atoms with Gasteiger partial charge in [-0.25, -0.2) is 0 Å². The van der Waals surface area contributed by atoms with Crippen LogP contribution in [0.4, 0.5) is 5.82 Å². The zero-order valence-corrected chi connectivity index (χ0v) is 12.5. The van der Waals surface area contributed by atoms with Gasteiger partial charge in [-0.2, -0.15) is 5.10 Å². The van der Waals surface area contributed by atoms with Crippen LogP contribution in [0.25, 0.3) is 0 Å². The van der Waals surface area contributed by atoms with Crippen molar-refractivity contribution in [1.82, 2.24) is 14.9 Å². The molecule has 0 spiro atoms. The van der Waals surface area contributed by atoms with Crippen LogP contribution in [0.3, 0.4) is 0 Å². The summed E-state index contributed by atoms with van der Waals surface area (Å²) in [5.41, 5.74) is 3.27. The van der Waals surface area contributed by atoms with Gasteiger partial charge in [-0.1, -0.05) is 12.1 Å². The number of amides is 1. The van der Waals surface area contributed by atoms with Gasteiger partial charge in [0.15, 0.2) is 5.82 Å². The SMILES string of the molecule is Cc1cc(NC(=O)[C@H](C)Cn2nc(C)c(C)c2C)no1. The van der Waals surface area contributed by atoms with E-state index in [4.69, 9.17) is 4.52 Å². The van der Waals surface area contributed by atoms with Gasteiger partial charge in [0, 0.05) is 11.8 Å². The van der Waals surface area contributed by atoms with Crippen molar-refractivity contribution in [2.24, 2.45) is 5.92 Å². The van der Waals surface area contributed by atoms with E-state index in [1.54, 1.807) is 13.0 Å². The number of hydrogen-bond acceptors (Lipinski definition) is 4. The molecular formula is C14H20N4O2. The first-order valence-corrected chi connectivity index (χ1v) is 6.63. The molecule has 0 saturated heterocycles. The third-order valence-electron chi connectivity index (χ3n) is 3.52. The van der Waals surface area contributed by atoms with Gasteiger partial charge in [0.25, 0.3) is 0 Å². The van der Waals surface area contributed by atoms with Gasteiger partial charge in [-0.05, 0) is 33.3 Å². The maximum atomic E-state index is 12.1. The molecule has 0 aliphatic carbocycles. The smallest absolute Gasteiger partial charge is 0.230 e. The number of rotatable bonds is 4. The Kier molecular flexibility index (Phi) is 3.92. The van der Waals surface area contributed by atoms with Crippen molar-refractivity contribution in [2.45, 2.75) is 41.2 Å². The van der Waals surface area contributed by atoms with Crippen LogP contribution in [-0.2, 0) is 11.3 Å². The first kappa shape index (κ1) is 14.3. The predicted octanol–water partition coefficient (Wildman–Crippen LogP) is 2.38. The van der Waals surface area contributed by atoms with Gasteiger partial charge in [0.1, 0.15) is 5.76 Å². The lowest BCUT2D eigenvalue weighted by Gasteiger charge is -2.12. The fourth-order valence-electron chi connectivity index (χ4n) is 1.98. The normalized spacial score (nSPS) is 12.4. The maximum absolute atomic E-state index is 12.1. The second-order valence-corrected chi connectivity index (χ2v) is 5.19. The van der Waals surface area contributed by atoms with Crippen LogP contribution >= 0.6 is 0 Å². The molecule has 108 valence electrons. The third-order valence-corrected chi connectivity index (χ3v) is 3.52. The van der Waals surface area contributed by atoms with Crippen molar-refractivity contribution in [3.05, 3.63) is 28.8 Å². The Morgan fingerprint density at radius 1 is 1.40 bits per heavy atom. The fraction of sp³-hybridized carbons (Fsp3) is 0.500. The highest BCUT2D eigenvalue weighted by molar-refractivity contribution is 5.91. The van der Waals surface area contributed by atoms with Crippen LogP contribution in [0.2, 0.25) is 0 Å². The summed E-state index contributed by atoms with van der Waals surface area (Å²) in [7, 11) is 0. The fourth-order valence-corrected chi connectivity index (χ4v) is 1.98. The first-order valence-electron chi connectivity index (χ1n) is 6.63. The van der Waals surface area contributed by atoms with E-state index >= 15 is 0 Å². The molecule has 0 aliphatic rings. The third kappa shape index (κ3) is 2.89. The molecule has 20 heavy (non-hydrogen) atoms. The van der Waals surface area contributed by atoms with E-state index in [2.05, 4.69) is 15.6 Å². The average molecular weight is 276 g/mol. The molecule has 1 N–H and O–H groups in total. The summed E-state index contributed by atoms with van der Waals surface area (Å²) in [4.78, 5) is 12.1. The largest absolute Gasteiger partial charge is 0.360 e. The summed E-state index contributed by atoms with van der Waals surface area (Å²) in [5.74, 6) is 0.818. The molecule has 1 atom stereocenters. The van der Waals surface area contributed by atoms with Crippen molar-refractivity contribution < 1.29 is 9.32 Å². The zero-order chi connectivity index (χ0) is 14.9. The molecular weight excluding hydrogens is 256 g/mol. The molecule has 6 nitrogen and oxygen atoms in total. The van der Waals surface area contributed by atoms with Crippen molar-refractivity contribution >= 4 is 11.7 Å². The van der Waals surface area contributed by atoms with E-state index in [0.29, 0.717) is 18.1 Å². The minimum atomic E-state index is -0.204. The topological polar surface area (TPSA) is 73.0 Å². The second-order valence-electron chi connectivity index (χ2n) is 5.19. The predicted molar refractivity (Wildman–Crippen MR) is 75.5 cm³/mol. The number of hydrogen-bond donors (Lipinski definition) is 1. The maximum Gasteiger partial charge on any atom is 0.230 e. The zero-order valence-electron chi connectivity index (χ0n) is 12.5. The standard InChI is InChI=1S/C14H20N4O2/c1-8(7-18-12(5)10(3)11(4)16-18)14(19)15-13-6-9(2)20-17-13/h6,8H,7H2,1-5H3,(H,15,17,19)/t8-/m1/s1. The van der Waals surface area contributed by atoms with Gasteiger partial charge >= 0.3 is 0 Å². The molecule has 6 heteroatoms. The van der Waals surface area contributed by atoms with Crippen LogP contribution in [0.15, 0.2) is 10.6 Å². The Morgan fingerprint density at radius 2 is 2.10 bits per heavy atom. The van der Waals surface area contributed by atoms with Gasteiger partial charge in [-0.15, -0.1) is 0 Å². The van der Waals surface area contributed by atoms with Crippen LogP contribution in [0, 0.1) is 33.6 Å². The van der Waals surface area contributed by atoms with Crippen molar-refractivity contribution in [1.29, 1.82) is 0 Å². The van der Waals surface area contributed by atoms with E-state index in [-0.39, 0.29) is 11.8 Å². The summed E-state index contributed by atoms with van der Waals surface area (Å²) in [6.07, 6.45) is 0. The number of carbonyl (C=O) groups excluding carboxylic acids is 1. The summed E-state index contributed by atoms with van der Waals surface area (Å²) < 4.78 is 6.80. The van der Waals surface area contributed by atoms with Gasteiger partial charge < -0.3 is 9.84 Å². The monoisotopic (exact) mass is 276 g/mol. The van der Waals surface area contributed by atoms with Crippen LogP contribution in [0.5, 0.6) is 0 Å². The summed E-state index contributed by atoms with van der Waals surface area (Å²) >= 11 is 0. The van der Waals surface area contributed by atoms with Crippen LogP contribution < -0.4 is 5.32 Å². The molecule has 2 rings (SSSR count). The number of aryl methyl sites for hydroxylation is 2. The lowest BCUT2D eigenvalue weighted by molar-refractivity contribution is -0.119. The average Bonchev–Trinajstić information content (AvgIpc) is 2.89. The van der Waals surface area contributed by atoms with E-state index in [9.17, 15) is 4.79 Å². The number of carbonyl (C=O) groups is 1. The molecule has 0 bridgehead atoms. The van der Waals surface area contributed by atoms with E-state index in [1.807, 2.05) is 32.4 Å². The van der Waals surface area contributed by atoms with Crippen molar-refractivity contribution in [2.75, 3.05) is 5.32 Å². The number of aromatic nitrogens is 3. The number of anilines is 1. The Morgan fingerprint density at radius 3 is 2.60 bits per heavy atom. The van der Waals surface area contributed by atoms with E-state index in [1.165, 1.54) is 5.56 Å². The minimum Gasteiger partial charge on any atom is -0.360 e. The minimum absolute atomic E-state index is 0.0940. The first-order chi connectivity index (χ1) is 9.38.